The Bertz CT molecular complexity index is 675. The zero-order valence-electron chi connectivity index (χ0n) is 12.2. The summed E-state index contributed by atoms with van der Waals surface area (Å²) < 4.78 is 0. The van der Waals surface area contributed by atoms with Crippen molar-refractivity contribution in [1.82, 2.24) is 4.90 Å². The zero-order chi connectivity index (χ0) is 16.4. The van der Waals surface area contributed by atoms with Gasteiger partial charge in [-0.15, -0.1) is 0 Å². The molecule has 1 saturated heterocycles. The van der Waals surface area contributed by atoms with Crippen LogP contribution in [0.1, 0.15) is 19.3 Å². The van der Waals surface area contributed by atoms with Crippen LogP contribution in [0.4, 0.5) is 5.69 Å². The van der Waals surface area contributed by atoms with Gasteiger partial charge in [-0.1, -0.05) is 35.0 Å². The van der Waals surface area contributed by atoms with Gasteiger partial charge < -0.3 is 10.2 Å². The minimum absolute atomic E-state index is 0.0879. The van der Waals surface area contributed by atoms with E-state index in [4.69, 9.17) is 23.2 Å². The van der Waals surface area contributed by atoms with Gasteiger partial charge in [0.25, 0.3) is 5.91 Å². The summed E-state index contributed by atoms with van der Waals surface area (Å²) in [5.41, 5.74) is 0.556. The number of rotatable bonds is 3. The van der Waals surface area contributed by atoms with E-state index in [-0.39, 0.29) is 18.2 Å². The van der Waals surface area contributed by atoms with Crippen LogP contribution in [0.5, 0.6) is 0 Å². The molecular weight excluding hydrogens is 357 g/mol. The monoisotopic (exact) mass is 371 g/mol. The molecule has 1 aromatic rings. The van der Waals surface area contributed by atoms with Gasteiger partial charge in [-0.05, 0) is 31.0 Å². The van der Waals surface area contributed by atoms with E-state index in [1.807, 2.05) is 0 Å². The molecule has 0 unspecified atom stereocenters. The van der Waals surface area contributed by atoms with Gasteiger partial charge in [0.05, 0.1) is 10.0 Å². The third-order valence-corrected chi connectivity index (χ3v) is 5.63. The number of aliphatic imine (C=N–C) groups is 1. The molecule has 0 aliphatic carbocycles. The Hall–Kier alpha value is -1.24. The zero-order valence-corrected chi connectivity index (χ0v) is 14.5. The minimum Gasteiger partial charge on any atom is -0.351 e. The molecule has 0 bridgehead atoms. The van der Waals surface area contributed by atoms with E-state index >= 15 is 0 Å². The van der Waals surface area contributed by atoms with Gasteiger partial charge in [-0.2, -0.15) is 4.99 Å². The Morgan fingerprint density at radius 3 is 2.74 bits per heavy atom. The topological polar surface area (TPSA) is 61.8 Å². The van der Waals surface area contributed by atoms with Crippen LogP contribution >= 0.6 is 35.0 Å². The third kappa shape index (κ3) is 4.00. The first-order valence-electron chi connectivity index (χ1n) is 7.32. The summed E-state index contributed by atoms with van der Waals surface area (Å²) in [7, 11) is 0. The number of hydrogen-bond donors (Lipinski definition) is 1. The van der Waals surface area contributed by atoms with Crippen molar-refractivity contribution in [3.8, 4) is 0 Å². The average molecular weight is 372 g/mol. The number of amidine groups is 1. The van der Waals surface area contributed by atoms with Gasteiger partial charge in [0, 0.05) is 25.2 Å². The molecule has 1 aromatic carbocycles. The van der Waals surface area contributed by atoms with Crippen molar-refractivity contribution < 1.29 is 9.59 Å². The maximum Gasteiger partial charge on any atom is 0.262 e. The van der Waals surface area contributed by atoms with E-state index in [0.717, 1.165) is 31.1 Å². The molecular formula is C15H15Cl2N3O2S. The highest BCUT2D eigenvalue weighted by Crippen LogP contribution is 2.30. The SMILES string of the molecule is O=C(C[C@H]1SC(N2CCCC2)=NC1=O)Nc1ccc(Cl)c(Cl)c1. The van der Waals surface area contributed by atoms with E-state index in [1.54, 1.807) is 18.2 Å². The highest BCUT2D eigenvalue weighted by molar-refractivity contribution is 8.15. The molecule has 1 N–H and O–H groups in total. The van der Waals surface area contributed by atoms with E-state index in [9.17, 15) is 9.59 Å². The fourth-order valence-electron chi connectivity index (χ4n) is 2.51. The van der Waals surface area contributed by atoms with Crippen molar-refractivity contribution in [3.63, 3.8) is 0 Å². The van der Waals surface area contributed by atoms with Gasteiger partial charge in [0.2, 0.25) is 5.91 Å². The first-order chi connectivity index (χ1) is 11.0. The smallest absolute Gasteiger partial charge is 0.262 e. The molecule has 0 aromatic heterocycles. The molecule has 8 heteroatoms. The fourth-order valence-corrected chi connectivity index (χ4v) is 3.92. The van der Waals surface area contributed by atoms with Crippen LogP contribution in [-0.2, 0) is 9.59 Å². The number of nitrogens with zero attached hydrogens (tertiary/aromatic N) is 2. The first kappa shape index (κ1) is 16.6. The number of nitrogens with one attached hydrogen (secondary N) is 1. The van der Waals surface area contributed by atoms with E-state index in [0.29, 0.717) is 15.7 Å². The van der Waals surface area contributed by atoms with E-state index in [2.05, 4.69) is 15.2 Å². The quantitative estimate of drug-likeness (QED) is 0.883. The van der Waals surface area contributed by atoms with Crippen LogP contribution in [0, 0.1) is 0 Å². The molecule has 1 atom stereocenters. The van der Waals surface area contributed by atoms with Gasteiger partial charge in [-0.3, -0.25) is 9.59 Å². The largest absolute Gasteiger partial charge is 0.351 e. The lowest BCUT2D eigenvalue weighted by Crippen LogP contribution is -2.25. The Morgan fingerprint density at radius 2 is 2.04 bits per heavy atom. The molecule has 1 fully saturated rings. The number of thioether (sulfide) groups is 1. The second-order valence-corrected chi connectivity index (χ2v) is 7.40. The third-order valence-electron chi connectivity index (χ3n) is 3.68. The molecule has 0 saturated carbocycles. The number of benzene rings is 1. The lowest BCUT2D eigenvalue weighted by atomic mass is 10.2. The molecule has 3 rings (SSSR count). The van der Waals surface area contributed by atoms with Gasteiger partial charge in [0.15, 0.2) is 5.17 Å². The number of halogens is 2. The summed E-state index contributed by atoms with van der Waals surface area (Å²) in [6.07, 6.45) is 2.33. The van der Waals surface area contributed by atoms with Crippen molar-refractivity contribution in [2.24, 2.45) is 4.99 Å². The predicted molar refractivity (Wildman–Crippen MR) is 94.3 cm³/mol. The predicted octanol–water partition coefficient (Wildman–Crippen LogP) is 3.42. The second kappa shape index (κ2) is 7.11. The lowest BCUT2D eigenvalue weighted by Gasteiger charge is -2.16. The van der Waals surface area contributed by atoms with Gasteiger partial charge in [0.1, 0.15) is 5.25 Å². The van der Waals surface area contributed by atoms with E-state index in [1.165, 1.54) is 11.8 Å². The number of amides is 2. The van der Waals surface area contributed by atoms with Crippen LogP contribution in [-0.4, -0.2) is 40.2 Å². The molecule has 0 radical (unpaired) electrons. The van der Waals surface area contributed by atoms with Crippen LogP contribution in [0.25, 0.3) is 0 Å². The summed E-state index contributed by atoms with van der Waals surface area (Å²) in [5, 5.41) is 3.83. The Morgan fingerprint density at radius 1 is 1.30 bits per heavy atom. The number of hydrogen-bond acceptors (Lipinski definition) is 4. The second-order valence-electron chi connectivity index (χ2n) is 5.41. The fraction of sp³-hybridized carbons (Fsp3) is 0.400. The maximum atomic E-state index is 12.1. The molecule has 122 valence electrons. The first-order valence-corrected chi connectivity index (χ1v) is 8.95. The Labute approximate surface area is 148 Å². The molecule has 0 spiro atoms. The normalized spacial score (nSPS) is 20.8. The van der Waals surface area contributed by atoms with Gasteiger partial charge >= 0.3 is 0 Å². The summed E-state index contributed by atoms with van der Waals surface area (Å²) in [4.78, 5) is 30.3. The van der Waals surface area contributed by atoms with Crippen molar-refractivity contribution in [1.29, 1.82) is 0 Å². The highest BCUT2D eigenvalue weighted by Gasteiger charge is 2.33. The molecule has 2 aliphatic rings. The van der Waals surface area contributed by atoms with Crippen LogP contribution in [0.3, 0.4) is 0 Å². The van der Waals surface area contributed by atoms with Crippen LogP contribution in [0.2, 0.25) is 10.0 Å². The maximum absolute atomic E-state index is 12.1. The number of carbonyl (C=O) groups excluding carboxylic acids is 2. The molecule has 5 nitrogen and oxygen atoms in total. The van der Waals surface area contributed by atoms with Crippen LogP contribution < -0.4 is 5.32 Å². The molecule has 2 aliphatic heterocycles. The summed E-state index contributed by atoms with van der Waals surface area (Å²) >= 11 is 13.1. The molecule has 23 heavy (non-hydrogen) atoms. The lowest BCUT2D eigenvalue weighted by molar-refractivity contribution is -0.121. The molecule has 2 heterocycles. The van der Waals surface area contributed by atoms with Crippen molar-refractivity contribution in [3.05, 3.63) is 28.2 Å². The average Bonchev–Trinajstić information content (AvgIpc) is 3.13. The van der Waals surface area contributed by atoms with Crippen molar-refractivity contribution in [2.75, 3.05) is 18.4 Å². The number of anilines is 1. The molecule has 2 amide bonds. The minimum atomic E-state index is -0.451. The Balaban J connectivity index is 1.56. The number of carbonyl (C=O) groups is 2. The summed E-state index contributed by atoms with van der Waals surface area (Å²) in [6, 6.07) is 4.86. The standard InChI is InChI=1S/C15H15Cl2N3O2S/c16-10-4-3-9(7-11(10)17)18-13(21)8-12-14(22)19-15(23-12)20-5-1-2-6-20/h3-4,7,12H,1-2,5-6,8H2,(H,18,21)/t12-/m1/s1. The van der Waals surface area contributed by atoms with Crippen LogP contribution in [0.15, 0.2) is 23.2 Å². The number of likely N-dealkylation sites (tertiary alicyclic amines) is 1. The van der Waals surface area contributed by atoms with Gasteiger partial charge in [-0.25, -0.2) is 0 Å². The van der Waals surface area contributed by atoms with E-state index < -0.39 is 5.25 Å². The summed E-state index contributed by atoms with van der Waals surface area (Å²) in [6.45, 7) is 1.86. The van der Waals surface area contributed by atoms with Crippen molar-refractivity contribution >= 4 is 57.6 Å². The summed E-state index contributed by atoms with van der Waals surface area (Å²) in [5.74, 6) is -0.478. The Kier molecular flexibility index (Phi) is 5.14. The highest BCUT2D eigenvalue weighted by atomic mass is 35.5. The van der Waals surface area contributed by atoms with Crippen molar-refractivity contribution in [2.45, 2.75) is 24.5 Å².